The number of hydrogen-bond acceptors (Lipinski definition) is 3. The number of nitrogens with zero attached hydrogens (tertiary/aromatic N) is 2. The Labute approximate surface area is 111 Å². The number of pyridine rings is 1. The van der Waals surface area contributed by atoms with Gasteiger partial charge in [0.2, 0.25) is 0 Å². The fourth-order valence-electron chi connectivity index (χ4n) is 2.07. The zero-order valence-corrected chi connectivity index (χ0v) is 10.6. The summed E-state index contributed by atoms with van der Waals surface area (Å²) in [6.45, 7) is 2.01. The first-order valence-electron chi connectivity index (χ1n) is 6.07. The van der Waals surface area contributed by atoms with E-state index in [0.717, 1.165) is 34.0 Å². The van der Waals surface area contributed by atoms with Gasteiger partial charge in [-0.05, 0) is 31.2 Å². The maximum absolute atomic E-state index is 5.80. The summed E-state index contributed by atoms with van der Waals surface area (Å²) in [7, 11) is 0. The van der Waals surface area contributed by atoms with Crippen LogP contribution < -0.4 is 5.73 Å². The lowest BCUT2D eigenvalue weighted by molar-refractivity contribution is 1.25. The number of benzene rings is 1. The van der Waals surface area contributed by atoms with Gasteiger partial charge in [0.15, 0.2) is 0 Å². The van der Waals surface area contributed by atoms with Gasteiger partial charge in [-0.25, -0.2) is 4.98 Å². The molecule has 2 heterocycles. The molecule has 0 atom stereocenters. The van der Waals surface area contributed by atoms with Gasteiger partial charge in [-0.15, -0.1) is 0 Å². The molecule has 0 saturated carbocycles. The summed E-state index contributed by atoms with van der Waals surface area (Å²) in [5, 5.41) is 0. The lowest BCUT2D eigenvalue weighted by Gasteiger charge is -1.98. The van der Waals surface area contributed by atoms with Crippen molar-refractivity contribution < 1.29 is 0 Å². The number of anilines is 1. The Morgan fingerprint density at radius 1 is 1.11 bits per heavy atom. The lowest BCUT2D eigenvalue weighted by Crippen LogP contribution is -1.86. The van der Waals surface area contributed by atoms with Gasteiger partial charge in [0.1, 0.15) is 5.82 Å². The van der Waals surface area contributed by atoms with E-state index in [1.165, 1.54) is 0 Å². The molecular formula is C15H14N4. The van der Waals surface area contributed by atoms with Crippen molar-refractivity contribution in [3.05, 3.63) is 54.5 Å². The van der Waals surface area contributed by atoms with Crippen LogP contribution >= 0.6 is 0 Å². The van der Waals surface area contributed by atoms with Gasteiger partial charge in [-0.1, -0.05) is 12.1 Å². The minimum Gasteiger partial charge on any atom is -0.399 e. The Balaban J connectivity index is 2.07. The molecule has 0 aliphatic carbocycles. The Bertz CT molecular complexity index is 701. The van der Waals surface area contributed by atoms with E-state index in [1.54, 1.807) is 6.20 Å². The molecular weight excluding hydrogens is 236 g/mol. The maximum Gasteiger partial charge on any atom is 0.138 e. The average molecular weight is 250 g/mol. The highest BCUT2D eigenvalue weighted by molar-refractivity contribution is 5.68. The second-order valence-electron chi connectivity index (χ2n) is 4.43. The molecule has 1 aromatic carbocycles. The number of nitrogens with two attached hydrogens (primary N) is 1. The first-order chi connectivity index (χ1) is 9.24. The Morgan fingerprint density at radius 3 is 2.68 bits per heavy atom. The summed E-state index contributed by atoms with van der Waals surface area (Å²) in [5.74, 6) is 0.823. The molecule has 3 rings (SSSR count). The molecule has 0 bridgehead atoms. The summed E-state index contributed by atoms with van der Waals surface area (Å²) in [6, 6.07) is 11.6. The largest absolute Gasteiger partial charge is 0.399 e. The van der Waals surface area contributed by atoms with Crippen molar-refractivity contribution in [1.82, 2.24) is 15.0 Å². The first-order valence-corrected chi connectivity index (χ1v) is 6.07. The van der Waals surface area contributed by atoms with Crippen LogP contribution in [0.5, 0.6) is 0 Å². The summed E-state index contributed by atoms with van der Waals surface area (Å²) in [5.41, 5.74) is 10.5. The fourth-order valence-corrected chi connectivity index (χ4v) is 2.07. The molecule has 0 aliphatic rings. The van der Waals surface area contributed by atoms with E-state index in [-0.39, 0.29) is 0 Å². The van der Waals surface area contributed by atoms with E-state index in [9.17, 15) is 0 Å². The molecule has 4 nitrogen and oxygen atoms in total. The second kappa shape index (κ2) is 4.57. The molecule has 0 unspecified atom stereocenters. The Morgan fingerprint density at radius 2 is 1.95 bits per heavy atom. The van der Waals surface area contributed by atoms with Crippen LogP contribution in [0.4, 0.5) is 5.69 Å². The van der Waals surface area contributed by atoms with E-state index in [0.29, 0.717) is 0 Å². The molecule has 19 heavy (non-hydrogen) atoms. The van der Waals surface area contributed by atoms with Gasteiger partial charge in [-0.3, -0.25) is 4.98 Å². The van der Waals surface area contributed by atoms with Crippen LogP contribution in [0.2, 0.25) is 0 Å². The van der Waals surface area contributed by atoms with Gasteiger partial charge in [-0.2, -0.15) is 0 Å². The molecule has 0 amide bonds. The zero-order chi connectivity index (χ0) is 13.2. The van der Waals surface area contributed by atoms with Gasteiger partial charge < -0.3 is 10.7 Å². The predicted octanol–water partition coefficient (Wildman–Crippen LogP) is 3.03. The molecule has 0 aliphatic heterocycles. The summed E-state index contributed by atoms with van der Waals surface area (Å²) in [4.78, 5) is 12.1. The highest BCUT2D eigenvalue weighted by atomic mass is 14.9. The van der Waals surface area contributed by atoms with Crippen LogP contribution in [-0.2, 0) is 0 Å². The quantitative estimate of drug-likeness (QED) is 0.687. The average Bonchev–Trinajstić information content (AvgIpc) is 2.82. The van der Waals surface area contributed by atoms with Gasteiger partial charge in [0.25, 0.3) is 0 Å². The molecule has 3 N–H and O–H groups in total. The van der Waals surface area contributed by atoms with Gasteiger partial charge in [0, 0.05) is 34.9 Å². The highest BCUT2D eigenvalue weighted by Crippen LogP contribution is 2.25. The smallest absolute Gasteiger partial charge is 0.138 e. The molecule has 0 spiro atoms. The van der Waals surface area contributed by atoms with Crippen molar-refractivity contribution in [1.29, 1.82) is 0 Å². The van der Waals surface area contributed by atoms with Crippen LogP contribution in [-0.4, -0.2) is 15.0 Å². The summed E-state index contributed by atoms with van der Waals surface area (Å²) < 4.78 is 0. The van der Waals surface area contributed by atoms with E-state index >= 15 is 0 Å². The number of imidazole rings is 1. The summed E-state index contributed by atoms with van der Waals surface area (Å²) in [6.07, 6.45) is 3.57. The van der Waals surface area contributed by atoms with Crippen molar-refractivity contribution in [2.45, 2.75) is 6.92 Å². The maximum atomic E-state index is 5.80. The number of rotatable bonds is 2. The molecule has 3 aromatic rings. The molecule has 0 fully saturated rings. The van der Waals surface area contributed by atoms with Crippen molar-refractivity contribution >= 4 is 5.69 Å². The molecule has 94 valence electrons. The number of aromatic amines is 1. The molecule has 4 heteroatoms. The monoisotopic (exact) mass is 250 g/mol. The number of aryl methyl sites for hydroxylation is 1. The van der Waals surface area contributed by atoms with Gasteiger partial charge in [0.05, 0.1) is 5.69 Å². The third-order valence-electron chi connectivity index (χ3n) is 2.98. The minimum atomic E-state index is 0.731. The third kappa shape index (κ3) is 2.20. The normalized spacial score (nSPS) is 10.6. The van der Waals surface area contributed by atoms with Crippen LogP contribution in [0.1, 0.15) is 5.69 Å². The predicted molar refractivity (Wildman–Crippen MR) is 76.4 cm³/mol. The van der Waals surface area contributed by atoms with E-state index < -0.39 is 0 Å². The second-order valence-corrected chi connectivity index (χ2v) is 4.43. The fraction of sp³-hybridized carbons (Fsp3) is 0.0667. The number of hydrogen-bond donors (Lipinski definition) is 2. The topological polar surface area (TPSA) is 67.6 Å². The summed E-state index contributed by atoms with van der Waals surface area (Å²) >= 11 is 0. The number of aromatic nitrogens is 3. The van der Waals surface area contributed by atoms with Crippen molar-refractivity contribution in [3.8, 4) is 22.6 Å². The third-order valence-corrected chi connectivity index (χ3v) is 2.98. The highest BCUT2D eigenvalue weighted by Gasteiger charge is 2.10. The van der Waals surface area contributed by atoms with Crippen LogP contribution in [0.3, 0.4) is 0 Å². The Hall–Kier alpha value is -2.62. The van der Waals surface area contributed by atoms with E-state index in [1.807, 2.05) is 49.5 Å². The van der Waals surface area contributed by atoms with Crippen molar-refractivity contribution in [2.75, 3.05) is 5.73 Å². The standard InChI is InChI=1S/C15H14N4/c1-10-14(12-5-3-7-17-9-12)19-15(18-10)11-4-2-6-13(16)8-11/h2-9H,16H2,1H3,(H,18,19). The number of nitrogens with one attached hydrogen (secondary N) is 1. The van der Waals surface area contributed by atoms with Crippen LogP contribution in [0.15, 0.2) is 48.8 Å². The molecule has 2 aromatic heterocycles. The first kappa shape index (κ1) is 11.5. The zero-order valence-electron chi connectivity index (χ0n) is 10.6. The molecule has 0 saturated heterocycles. The van der Waals surface area contributed by atoms with Crippen LogP contribution in [0, 0.1) is 6.92 Å². The molecule has 0 radical (unpaired) electrons. The van der Waals surface area contributed by atoms with E-state index in [2.05, 4.69) is 15.0 Å². The van der Waals surface area contributed by atoms with E-state index in [4.69, 9.17) is 5.73 Å². The Kier molecular flexibility index (Phi) is 2.76. The SMILES string of the molecule is Cc1[nH]c(-c2cccc(N)c2)nc1-c1cccnc1. The van der Waals surface area contributed by atoms with Crippen molar-refractivity contribution in [2.24, 2.45) is 0 Å². The van der Waals surface area contributed by atoms with Crippen LogP contribution in [0.25, 0.3) is 22.6 Å². The number of H-pyrrole nitrogens is 1. The lowest BCUT2D eigenvalue weighted by atomic mass is 10.2. The number of nitrogen functional groups attached to an aromatic ring is 1. The van der Waals surface area contributed by atoms with Gasteiger partial charge >= 0.3 is 0 Å². The van der Waals surface area contributed by atoms with Crippen molar-refractivity contribution in [3.63, 3.8) is 0 Å². The minimum absolute atomic E-state index is 0.731.